The van der Waals surface area contributed by atoms with Gasteiger partial charge in [-0.3, -0.25) is 14.5 Å². The van der Waals surface area contributed by atoms with Gasteiger partial charge < -0.3 is 15.7 Å². The van der Waals surface area contributed by atoms with Crippen molar-refractivity contribution in [3.63, 3.8) is 0 Å². The molecule has 174 valence electrons. The molecule has 0 saturated heterocycles. The van der Waals surface area contributed by atoms with Crippen LogP contribution in [0, 0.1) is 5.92 Å². The Labute approximate surface area is 193 Å². The maximum atomic E-state index is 13.7. The van der Waals surface area contributed by atoms with Crippen LogP contribution in [0.4, 0.5) is 5.69 Å². The van der Waals surface area contributed by atoms with E-state index in [-0.39, 0.29) is 11.8 Å². The van der Waals surface area contributed by atoms with Gasteiger partial charge in [0.25, 0.3) is 0 Å². The minimum atomic E-state index is -1.14. The van der Waals surface area contributed by atoms with Crippen LogP contribution in [-0.4, -0.2) is 53.0 Å². The van der Waals surface area contributed by atoms with E-state index in [0.29, 0.717) is 5.69 Å². The highest BCUT2D eigenvalue weighted by atomic mass is 16.4. The predicted octanol–water partition coefficient (Wildman–Crippen LogP) is 3.63. The number of hydrogen-bond donors (Lipinski definition) is 2. The van der Waals surface area contributed by atoms with Crippen molar-refractivity contribution >= 4 is 45.0 Å². The van der Waals surface area contributed by atoms with Crippen LogP contribution in [0.25, 0.3) is 21.5 Å². The number of anilines is 1. The number of carbonyl (C=O) groups excluding carboxylic acids is 2. The lowest BCUT2D eigenvalue weighted by Gasteiger charge is -2.34. The number of likely N-dealkylation sites (N-methyl/N-ethyl adjacent to an activating group) is 1. The van der Waals surface area contributed by atoms with Gasteiger partial charge in [0.2, 0.25) is 11.8 Å². The third-order valence-electron chi connectivity index (χ3n) is 6.25. The van der Waals surface area contributed by atoms with Crippen LogP contribution in [0.3, 0.4) is 0 Å². The molecule has 3 aromatic carbocycles. The molecule has 0 unspecified atom stereocenters. The van der Waals surface area contributed by atoms with Gasteiger partial charge >= 0.3 is 5.97 Å². The van der Waals surface area contributed by atoms with Crippen molar-refractivity contribution < 1.29 is 19.5 Å². The Morgan fingerprint density at radius 3 is 1.97 bits per heavy atom. The Hall–Kier alpha value is -3.45. The molecule has 0 fully saturated rings. The molecule has 3 aromatic rings. The molecular weight excluding hydrogens is 418 g/mol. The van der Waals surface area contributed by atoms with Crippen LogP contribution in [0.5, 0.6) is 0 Å². The number of carbonyl (C=O) groups is 3. The monoisotopic (exact) mass is 449 g/mol. The van der Waals surface area contributed by atoms with E-state index >= 15 is 0 Å². The summed E-state index contributed by atoms with van der Waals surface area (Å²) in [6, 6.07) is 14.5. The summed E-state index contributed by atoms with van der Waals surface area (Å²) in [5, 5.41) is 13.5. The maximum absolute atomic E-state index is 13.7. The zero-order valence-electron chi connectivity index (χ0n) is 19.6. The average molecular weight is 450 g/mol. The average Bonchev–Trinajstić information content (AvgIpc) is 2.80. The van der Waals surface area contributed by atoms with Gasteiger partial charge in [0, 0.05) is 12.4 Å². The molecule has 0 spiro atoms. The standard InChI is InChI=1S/C26H31N3O4/c1-15(2)23(27)25(31)28(5)16(3)24(30)29(17(4)26(32)33)22-12-8-11-20-13-18-9-6-7-10-19(18)14-21(20)22/h6-17,23H,27H2,1-5H3,(H,32,33)/t16-,17-,23-/m0/s1. The molecule has 0 radical (unpaired) electrons. The van der Waals surface area contributed by atoms with E-state index in [1.807, 2.05) is 56.3 Å². The molecule has 2 amide bonds. The molecule has 0 saturated carbocycles. The van der Waals surface area contributed by atoms with Crippen LogP contribution in [-0.2, 0) is 14.4 Å². The highest BCUT2D eigenvalue weighted by Crippen LogP contribution is 2.32. The van der Waals surface area contributed by atoms with Gasteiger partial charge in [-0.2, -0.15) is 0 Å². The van der Waals surface area contributed by atoms with Gasteiger partial charge in [0.05, 0.1) is 11.7 Å². The van der Waals surface area contributed by atoms with E-state index in [9.17, 15) is 19.5 Å². The summed E-state index contributed by atoms with van der Waals surface area (Å²) in [5.41, 5.74) is 6.50. The number of hydrogen-bond acceptors (Lipinski definition) is 4. The molecule has 3 N–H and O–H groups in total. The third-order valence-corrected chi connectivity index (χ3v) is 6.25. The van der Waals surface area contributed by atoms with E-state index in [4.69, 9.17) is 5.73 Å². The van der Waals surface area contributed by atoms with Crippen molar-refractivity contribution in [2.75, 3.05) is 11.9 Å². The normalized spacial score (nSPS) is 14.2. The van der Waals surface area contributed by atoms with E-state index in [1.54, 1.807) is 19.1 Å². The SMILES string of the molecule is CC(C)[C@H](N)C(=O)N(C)[C@@H](C)C(=O)N(c1cccc2cc3ccccc3cc12)[C@@H](C)C(=O)O. The minimum Gasteiger partial charge on any atom is -0.480 e. The van der Waals surface area contributed by atoms with E-state index < -0.39 is 30.0 Å². The second kappa shape index (κ2) is 9.58. The first-order chi connectivity index (χ1) is 15.5. The lowest BCUT2D eigenvalue weighted by molar-refractivity contribution is -0.141. The molecule has 3 rings (SSSR count). The Bertz CT molecular complexity index is 1210. The molecule has 0 aliphatic heterocycles. The smallest absolute Gasteiger partial charge is 0.326 e. The molecule has 0 aliphatic rings. The highest BCUT2D eigenvalue weighted by molar-refractivity contribution is 6.11. The Morgan fingerprint density at radius 1 is 0.818 bits per heavy atom. The van der Waals surface area contributed by atoms with Gasteiger partial charge in [0.1, 0.15) is 12.1 Å². The second-order valence-corrected chi connectivity index (χ2v) is 8.82. The highest BCUT2D eigenvalue weighted by Gasteiger charge is 2.35. The summed E-state index contributed by atoms with van der Waals surface area (Å²) in [7, 11) is 1.52. The van der Waals surface area contributed by atoms with Crippen molar-refractivity contribution in [1.29, 1.82) is 0 Å². The maximum Gasteiger partial charge on any atom is 0.326 e. The quantitative estimate of drug-likeness (QED) is 0.536. The van der Waals surface area contributed by atoms with Crippen LogP contribution >= 0.6 is 0 Å². The zero-order chi connectivity index (χ0) is 24.4. The number of rotatable bonds is 7. The molecule has 0 aliphatic carbocycles. The molecule has 7 nitrogen and oxygen atoms in total. The first-order valence-electron chi connectivity index (χ1n) is 11.0. The van der Waals surface area contributed by atoms with E-state index in [2.05, 4.69) is 0 Å². The fourth-order valence-electron chi connectivity index (χ4n) is 3.87. The largest absolute Gasteiger partial charge is 0.480 e. The van der Waals surface area contributed by atoms with E-state index in [1.165, 1.54) is 23.8 Å². The molecule has 3 atom stereocenters. The van der Waals surface area contributed by atoms with Crippen molar-refractivity contribution in [3.8, 4) is 0 Å². The second-order valence-electron chi connectivity index (χ2n) is 8.82. The van der Waals surface area contributed by atoms with Crippen molar-refractivity contribution in [2.24, 2.45) is 11.7 Å². The molecule has 7 heteroatoms. The zero-order valence-corrected chi connectivity index (χ0v) is 19.6. The molecule has 0 bridgehead atoms. The first kappa shape index (κ1) is 24.2. The fraction of sp³-hybridized carbons (Fsp3) is 0.346. The van der Waals surface area contributed by atoms with Gasteiger partial charge in [-0.15, -0.1) is 0 Å². The topological polar surface area (TPSA) is 104 Å². The molecule has 0 aromatic heterocycles. The molecular formula is C26H31N3O4. The number of fused-ring (bicyclic) bond motifs is 2. The number of nitrogens with zero attached hydrogens (tertiary/aromatic N) is 2. The van der Waals surface area contributed by atoms with Gasteiger partial charge in [-0.05, 0) is 54.1 Å². The van der Waals surface area contributed by atoms with E-state index in [0.717, 1.165) is 21.5 Å². The number of benzene rings is 3. The van der Waals surface area contributed by atoms with Crippen LogP contribution < -0.4 is 10.6 Å². The third kappa shape index (κ3) is 4.68. The van der Waals surface area contributed by atoms with Crippen LogP contribution in [0.2, 0.25) is 0 Å². The Balaban J connectivity index is 2.11. The van der Waals surface area contributed by atoms with Gasteiger partial charge in [-0.1, -0.05) is 50.2 Å². The number of carboxylic acids is 1. The lowest BCUT2D eigenvalue weighted by atomic mass is 10.0. The van der Waals surface area contributed by atoms with Crippen molar-refractivity contribution in [1.82, 2.24) is 4.90 Å². The number of aliphatic carboxylic acids is 1. The van der Waals surface area contributed by atoms with Gasteiger partial charge in [-0.25, -0.2) is 4.79 Å². The summed E-state index contributed by atoms with van der Waals surface area (Å²) >= 11 is 0. The Morgan fingerprint density at radius 2 is 1.39 bits per heavy atom. The Kier molecular flexibility index (Phi) is 7.03. The number of amides is 2. The first-order valence-corrected chi connectivity index (χ1v) is 11.0. The summed E-state index contributed by atoms with van der Waals surface area (Å²) in [6.07, 6.45) is 0. The van der Waals surface area contributed by atoms with Crippen LogP contribution in [0.15, 0.2) is 54.6 Å². The molecule has 0 heterocycles. The van der Waals surface area contributed by atoms with Gasteiger partial charge in [0.15, 0.2) is 0 Å². The van der Waals surface area contributed by atoms with Crippen molar-refractivity contribution in [3.05, 3.63) is 54.6 Å². The summed E-state index contributed by atoms with van der Waals surface area (Å²) < 4.78 is 0. The minimum absolute atomic E-state index is 0.0948. The number of nitrogens with two attached hydrogens (primary N) is 1. The molecule has 33 heavy (non-hydrogen) atoms. The summed E-state index contributed by atoms with van der Waals surface area (Å²) in [6.45, 7) is 6.73. The summed E-state index contributed by atoms with van der Waals surface area (Å²) in [5.74, 6) is -2.08. The lowest BCUT2D eigenvalue weighted by Crippen LogP contribution is -2.56. The predicted molar refractivity (Wildman–Crippen MR) is 131 cm³/mol. The van der Waals surface area contributed by atoms with Crippen LogP contribution in [0.1, 0.15) is 27.7 Å². The fourth-order valence-corrected chi connectivity index (χ4v) is 3.87. The van der Waals surface area contributed by atoms with Crippen molar-refractivity contribution in [2.45, 2.75) is 45.8 Å². The number of carboxylic acid groups (broad SMARTS) is 1. The summed E-state index contributed by atoms with van der Waals surface area (Å²) in [4.78, 5) is 41.0.